The van der Waals surface area contributed by atoms with Crippen LogP contribution >= 0.6 is 23.4 Å². The van der Waals surface area contributed by atoms with Gasteiger partial charge in [0.2, 0.25) is 11.8 Å². The Bertz CT molecular complexity index is 612. The van der Waals surface area contributed by atoms with Crippen molar-refractivity contribution < 1.29 is 18.7 Å². The van der Waals surface area contributed by atoms with Gasteiger partial charge in [0.15, 0.2) is 0 Å². The third-order valence-corrected chi connectivity index (χ3v) is 7.75. The molecule has 6 atom stereocenters. The highest BCUT2D eigenvalue weighted by atomic mass is 35.5. The molecule has 2 saturated heterocycles. The minimum Gasteiger partial charge on any atom is -0.368 e. The summed E-state index contributed by atoms with van der Waals surface area (Å²) in [6.07, 6.45) is 2.65. The molecule has 2 aliphatic heterocycles. The number of rotatable bonds is 8. The molecule has 2 amide bonds. The molecule has 1 saturated carbocycles. The molecule has 29 heavy (non-hydrogen) atoms. The molecule has 0 aromatic carbocycles. The van der Waals surface area contributed by atoms with Gasteiger partial charge < -0.3 is 20.7 Å². The number of piperidine rings is 1. The zero-order valence-corrected chi connectivity index (χ0v) is 18.2. The number of hydrogen-bond donors (Lipinski definition) is 3. The summed E-state index contributed by atoms with van der Waals surface area (Å²) in [6.45, 7) is 4.85. The number of alkyl halides is 2. The molecule has 6 nitrogen and oxygen atoms in total. The van der Waals surface area contributed by atoms with Gasteiger partial charge in [0, 0.05) is 31.6 Å². The molecule has 1 aliphatic carbocycles. The number of hydrogen-bond acceptors (Lipinski definition) is 5. The second kappa shape index (κ2) is 11.0. The molecule has 3 aliphatic rings. The van der Waals surface area contributed by atoms with Crippen LogP contribution in [0.3, 0.4) is 0 Å². The van der Waals surface area contributed by atoms with E-state index < -0.39 is 11.5 Å². The van der Waals surface area contributed by atoms with Crippen LogP contribution in [0.4, 0.5) is 4.39 Å². The van der Waals surface area contributed by atoms with Crippen LogP contribution in [0, 0.1) is 11.8 Å². The molecule has 9 heteroatoms. The van der Waals surface area contributed by atoms with Crippen LogP contribution in [-0.2, 0) is 14.3 Å². The van der Waals surface area contributed by atoms with Crippen molar-refractivity contribution in [3.63, 3.8) is 0 Å². The quantitative estimate of drug-likeness (QED) is 0.498. The van der Waals surface area contributed by atoms with Crippen LogP contribution in [0.15, 0.2) is 12.3 Å². The average Bonchev–Trinajstić information content (AvgIpc) is 3.16. The Kier molecular flexibility index (Phi) is 8.65. The molecule has 0 radical (unpaired) electrons. The maximum absolute atomic E-state index is 13.6. The monoisotopic (exact) mass is 447 g/mol. The Hall–Kier alpha value is -0.830. The average molecular weight is 448 g/mol. The zero-order valence-electron chi connectivity index (χ0n) is 16.6. The Morgan fingerprint density at radius 2 is 2.10 bits per heavy atom. The van der Waals surface area contributed by atoms with E-state index in [2.05, 4.69) is 22.5 Å². The van der Waals surface area contributed by atoms with Crippen LogP contribution in [0.5, 0.6) is 0 Å². The normalized spacial score (nSPS) is 34.3. The van der Waals surface area contributed by atoms with E-state index in [1.807, 2.05) is 11.8 Å². The number of thioether (sulfide) groups is 1. The summed E-state index contributed by atoms with van der Waals surface area (Å²) in [5, 5.41) is 9.14. The SMILES string of the molecule is C=C(CCNC(=O)C1CNC2SCCC2C1)NC(=O)COC1CCC(Cl)C(F)C1. The summed E-state index contributed by atoms with van der Waals surface area (Å²) in [4.78, 5) is 24.4. The van der Waals surface area contributed by atoms with Crippen LogP contribution < -0.4 is 16.0 Å². The molecule has 0 aromatic rings. The minimum atomic E-state index is -1.09. The number of amides is 2. The van der Waals surface area contributed by atoms with Gasteiger partial charge in [-0.05, 0) is 37.4 Å². The van der Waals surface area contributed by atoms with Gasteiger partial charge in [-0.1, -0.05) is 6.58 Å². The molecular formula is C20H31ClFN3O3S. The maximum Gasteiger partial charge on any atom is 0.250 e. The smallest absolute Gasteiger partial charge is 0.250 e. The van der Waals surface area contributed by atoms with E-state index in [-0.39, 0.29) is 36.9 Å². The molecule has 2 heterocycles. The zero-order chi connectivity index (χ0) is 20.8. The molecule has 3 rings (SSSR count). The molecule has 0 aromatic heterocycles. The third kappa shape index (κ3) is 6.84. The topological polar surface area (TPSA) is 79.5 Å². The second-order valence-corrected chi connectivity index (χ2v) is 9.96. The van der Waals surface area contributed by atoms with Crippen LogP contribution in [0.2, 0.25) is 0 Å². The predicted molar refractivity (Wildman–Crippen MR) is 114 cm³/mol. The van der Waals surface area contributed by atoms with Gasteiger partial charge in [-0.15, -0.1) is 23.4 Å². The first-order chi connectivity index (χ1) is 13.9. The summed E-state index contributed by atoms with van der Waals surface area (Å²) in [6, 6.07) is 0. The molecule has 6 unspecified atom stereocenters. The summed E-state index contributed by atoms with van der Waals surface area (Å²) in [7, 11) is 0. The number of nitrogens with one attached hydrogen (secondary N) is 3. The number of carbonyl (C=O) groups is 2. The van der Waals surface area contributed by atoms with Gasteiger partial charge in [-0.3, -0.25) is 9.59 Å². The summed E-state index contributed by atoms with van der Waals surface area (Å²) < 4.78 is 19.1. The molecule has 3 fully saturated rings. The van der Waals surface area contributed by atoms with Crippen LogP contribution in [0.25, 0.3) is 0 Å². The standard InChI is InChI=1S/C20H31ClFN3O3S/c1-12(25-18(26)11-28-15-2-3-16(21)17(22)9-15)4-6-23-19(27)14-8-13-5-7-29-20(13)24-10-14/h13-17,20,24H,1-11H2,(H,23,27)(H,25,26). The number of carbonyl (C=O) groups excluding carboxylic acids is 2. The van der Waals surface area contributed by atoms with E-state index in [9.17, 15) is 14.0 Å². The molecular weight excluding hydrogens is 417 g/mol. The van der Waals surface area contributed by atoms with Gasteiger partial charge in [0.25, 0.3) is 0 Å². The third-order valence-electron chi connectivity index (χ3n) is 5.87. The molecule has 164 valence electrons. The minimum absolute atomic E-state index is 0.00798. The van der Waals surface area contributed by atoms with Gasteiger partial charge >= 0.3 is 0 Å². The number of fused-ring (bicyclic) bond motifs is 1. The highest BCUT2D eigenvalue weighted by molar-refractivity contribution is 8.00. The number of halogens is 2. The largest absolute Gasteiger partial charge is 0.368 e. The Morgan fingerprint density at radius 3 is 2.90 bits per heavy atom. The Morgan fingerprint density at radius 1 is 1.28 bits per heavy atom. The summed E-state index contributed by atoms with van der Waals surface area (Å²) in [5.74, 6) is 1.51. The molecule has 3 N–H and O–H groups in total. The highest BCUT2D eigenvalue weighted by Gasteiger charge is 2.36. The Labute approximate surface area is 181 Å². The lowest BCUT2D eigenvalue weighted by Crippen LogP contribution is -2.47. The van der Waals surface area contributed by atoms with Gasteiger partial charge in [0.05, 0.1) is 22.8 Å². The molecule has 0 bridgehead atoms. The fourth-order valence-electron chi connectivity index (χ4n) is 4.17. The number of ether oxygens (including phenoxy) is 1. The van der Waals surface area contributed by atoms with Gasteiger partial charge in [-0.2, -0.15) is 0 Å². The first-order valence-corrected chi connectivity index (χ1v) is 11.9. The van der Waals surface area contributed by atoms with Crippen molar-refractivity contribution in [1.82, 2.24) is 16.0 Å². The first kappa shape index (κ1) is 22.8. The highest BCUT2D eigenvalue weighted by Crippen LogP contribution is 2.37. The van der Waals surface area contributed by atoms with Crippen molar-refractivity contribution in [3.8, 4) is 0 Å². The van der Waals surface area contributed by atoms with E-state index in [0.29, 0.717) is 42.8 Å². The van der Waals surface area contributed by atoms with E-state index >= 15 is 0 Å². The van der Waals surface area contributed by atoms with Crippen LogP contribution in [-0.4, -0.2) is 60.3 Å². The van der Waals surface area contributed by atoms with Crippen molar-refractivity contribution in [3.05, 3.63) is 12.3 Å². The fraction of sp³-hybridized carbons (Fsp3) is 0.800. The lowest BCUT2D eigenvalue weighted by atomic mass is 9.88. The van der Waals surface area contributed by atoms with Crippen molar-refractivity contribution in [1.29, 1.82) is 0 Å². The van der Waals surface area contributed by atoms with E-state index in [1.54, 1.807) is 0 Å². The second-order valence-electron chi connectivity index (χ2n) is 8.15. The molecule has 0 spiro atoms. The fourth-order valence-corrected chi connectivity index (χ4v) is 5.83. The lowest BCUT2D eigenvalue weighted by Gasteiger charge is -2.31. The van der Waals surface area contributed by atoms with Crippen molar-refractivity contribution >= 4 is 35.2 Å². The summed E-state index contributed by atoms with van der Waals surface area (Å²) >= 11 is 7.80. The van der Waals surface area contributed by atoms with E-state index in [0.717, 1.165) is 13.0 Å². The van der Waals surface area contributed by atoms with Crippen molar-refractivity contribution in [2.45, 2.75) is 61.6 Å². The maximum atomic E-state index is 13.6. The van der Waals surface area contributed by atoms with Crippen molar-refractivity contribution in [2.24, 2.45) is 11.8 Å². The van der Waals surface area contributed by atoms with E-state index in [4.69, 9.17) is 16.3 Å². The van der Waals surface area contributed by atoms with E-state index in [1.165, 1.54) is 12.2 Å². The van der Waals surface area contributed by atoms with Crippen LogP contribution in [0.1, 0.15) is 38.5 Å². The predicted octanol–water partition coefficient (Wildman–Crippen LogP) is 2.33. The lowest BCUT2D eigenvalue weighted by molar-refractivity contribution is -0.128. The van der Waals surface area contributed by atoms with Crippen molar-refractivity contribution in [2.75, 3.05) is 25.4 Å². The first-order valence-electron chi connectivity index (χ1n) is 10.4. The van der Waals surface area contributed by atoms with Gasteiger partial charge in [-0.25, -0.2) is 4.39 Å². The van der Waals surface area contributed by atoms with Gasteiger partial charge in [0.1, 0.15) is 12.8 Å². The Balaban J connectivity index is 1.26. The summed E-state index contributed by atoms with van der Waals surface area (Å²) in [5.41, 5.74) is 0.528.